The number of hydrogen-bond donors (Lipinski definition) is 1. The number of allylic oxidation sites excluding steroid dienone is 1. The number of phenolic OH excluding ortho intramolecular Hbond substituents is 1. The Balaban J connectivity index is 1.72. The van der Waals surface area contributed by atoms with Gasteiger partial charge in [-0.3, -0.25) is 0 Å². The molecule has 0 atom stereocenters. The van der Waals surface area contributed by atoms with Gasteiger partial charge in [0.2, 0.25) is 0 Å². The molecule has 2 aromatic rings. The van der Waals surface area contributed by atoms with Crippen LogP contribution in [-0.2, 0) is 19.3 Å². The summed E-state index contributed by atoms with van der Waals surface area (Å²) in [6.45, 7) is 10.8. The molecule has 3 heteroatoms. The molecule has 1 nitrogen and oxygen atoms in total. The van der Waals surface area contributed by atoms with Crippen molar-refractivity contribution in [1.82, 2.24) is 0 Å². The van der Waals surface area contributed by atoms with Gasteiger partial charge in [0.05, 0.1) is 0 Å². The van der Waals surface area contributed by atoms with Crippen LogP contribution in [0.3, 0.4) is 0 Å². The van der Waals surface area contributed by atoms with Gasteiger partial charge in [-0.25, -0.2) is 0 Å². The SMILES string of the molecule is C=C(S/C=C(\C)Cc1cc(C)c(I)cc1C)c1cc2c(cc1O)CCCCC2. The first kappa shape index (κ1) is 21.5. The van der Waals surface area contributed by atoms with Gasteiger partial charge in [-0.1, -0.05) is 36.4 Å². The van der Waals surface area contributed by atoms with Crippen LogP contribution < -0.4 is 0 Å². The molecule has 0 bridgehead atoms. The van der Waals surface area contributed by atoms with Crippen molar-refractivity contribution in [2.75, 3.05) is 0 Å². The third-order valence-electron chi connectivity index (χ3n) is 5.50. The second-order valence-electron chi connectivity index (χ2n) is 7.91. The van der Waals surface area contributed by atoms with Gasteiger partial charge in [-0.2, -0.15) is 0 Å². The molecule has 0 amide bonds. The Morgan fingerprint density at radius 1 is 1.07 bits per heavy atom. The summed E-state index contributed by atoms with van der Waals surface area (Å²) in [6.07, 6.45) is 6.88. The molecular weight excluding hydrogens is 475 g/mol. The number of aromatic hydroxyl groups is 1. The summed E-state index contributed by atoms with van der Waals surface area (Å²) in [7, 11) is 0. The second kappa shape index (κ2) is 9.53. The van der Waals surface area contributed by atoms with E-state index >= 15 is 0 Å². The van der Waals surface area contributed by atoms with E-state index in [4.69, 9.17) is 0 Å². The van der Waals surface area contributed by atoms with E-state index in [1.54, 1.807) is 11.8 Å². The molecule has 2 aromatic carbocycles. The molecule has 1 aliphatic carbocycles. The van der Waals surface area contributed by atoms with Crippen LogP contribution in [0.2, 0.25) is 0 Å². The fraction of sp³-hybridized carbons (Fsp3) is 0.360. The van der Waals surface area contributed by atoms with E-state index in [0.29, 0.717) is 5.75 Å². The third-order valence-corrected chi connectivity index (χ3v) is 7.69. The number of aryl methyl sites for hydroxylation is 4. The van der Waals surface area contributed by atoms with E-state index in [9.17, 15) is 5.11 Å². The molecule has 3 rings (SSSR count). The molecule has 0 unspecified atom stereocenters. The Morgan fingerprint density at radius 2 is 1.75 bits per heavy atom. The lowest BCUT2D eigenvalue weighted by atomic mass is 9.99. The molecular formula is C25H29IOS. The monoisotopic (exact) mass is 504 g/mol. The molecule has 0 spiro atoms. The molecule has 1 aliphatic rings. The topological polar surface area (TPSA) is 20.2 Å². The highest BCUT2D eigenvalue weighted by Crippen LogP contribution is 2.37. The fourth-order valence-electron chi connectivity index (χ4n) is 3.78. The standard InChI is InChI=1S/C25H29IOS/c1-16(10-22-11-18(3)24(26)12-17(22)2)15-28-19(4)23-13-20-8-6-5-7-9-21(20)14-25(23)27/h11-15,27H,4-10H2,1-3H3/b16-15+. The Hall–Kier alpha value is -1.20. The van der Waals surface area contributed by atoms with Crippen LogP contribution >= 0.6 is 34.4 Å². The van der Waals surface area contributed by atoms with Crippen LogP contribution in [0.5, 0.6) is 5.75 Å². The van der Waals surface area contributed by atoms with E-state index in [2.05, 4.69) is 73.5 Å². The fourth-order valence-corrected chi connectivity index (χ4v) is 5.12. The molecule has 1 N–H and O–H groups in total. The highest BCUT2D eigenvalue weighted by Gasteiger charge is 2.14. The lowest BCUT2D eigenvalue weighted by Gasteiger charge is -2.13. The van der Waals surface area contributed by atoms with Crippen molar-refractivity contribution in [3.63, 3.8) is 0 Å². The van der Waals surface area contributed by atoms with Gasteiger partial charge in [0.15, 0.2) is 0 Å². The predicted molar refractivity (Wildman–Crippen MR) is 132 cm³/mol. The van der Waals surface area contributed by atoms with Crippen molar-refractivity contribution in [3.05, 3.63) is 78.8 Å². The summed E-state index contributed by atoms with van der Waals surface area (Å²) in [6, 6.07) is 8.70. The minimum Gasteiger partial charge on any atom is -0.507 e. The van der Waals surface area contributed by atoms with E-state index in [-0.39, 0.29) is 0 Å². The zero-order valence-electron chi connectivity index (χ0n) is 17.1. The zero-order valence-corrected chi connectivity index (χ0v) is 20.0. The lowest BCUT2D eigenvalue weighted by Crippen LogP contribution is -1.95. The van der Waals surface area contributed by atoms with E-state index in [1.807, 2.05) is 6.07 Å². The number of rotatable bonds is 5. The molecule has 148 valence electrons. The minimum atomic E-state index is 0.369. The van der Waals surface area contributed by atoms with Crippen LogP contribution in [0.4, 0.5) is 0 Å². The third kappa shape index (κ3) is 5.24. The van der Waals surface area contributed by atoms with E-state index in [0.717, 1.165) is 29.7 Å². The van der Waals surface area contributed by atoms with Gasteiger partial charge < -0.3 is 5.11 Å². The summed E-state index contributed by atoms with van der Waals surface area (Å²) in [5.74, 6) is 0.369. The van der Waals surface area contributed by atoms with Crippen molar-refractivity contribution >= 4 is 39.3 Å². The largest absolute Gasteiger partial charge is 0.507 e. The van der Waals surface area contributed by atoms with Gasteiger partial charge >= 0.3 is 0 Å². The molecule has 0 aliphatic heterocycles. The predicted octanol–water partition coefficient (Wildman–Crippen LogP) is 7.73. The van der Waals surface area contributed by atoms with Crippen LogP contribution in [-0.4, -0.2) is 5.11 Å². The number of fused-ring (bicyclic) bond motifs is 1. The van der Waals surface area contributed by atoms with Crippen LogP contribution in [0.15, 0.2) is 41.8 Å². The highest BCUT2D eigenvalue weighted by molar-refractivity contribution is 14.1. The van der Waals surface area contributed by atoms with Crippen LogP contribution in [0, 0.1) is 17.4 Å². The second-order valence-corrected chi connectivity index (χ2v) is 10.0. The summed E-state index contributed by atoms with van der Waals surface area (Å²) in [5.41, 5.74) is 8.95. The van der Waals surface area contributed by atoms with Gasteiger partial charge in [-0.05, 0) is 127 Å². The summed E-state index contributed by atoms with van der Waals surface area (Å²) in [4.78, 5) is 0.916. The average Bonchev–Trinajstić information content (AvgIpc) is 2.88. The van der Waals surface area contributed by atoms with Gasteiger partial charge in [0, 0.05) is 14.0 Å². The Bertz CT molecular complexity index is 927. The maximum atomic E-state index is 10.5. The summed E-state index contributed by atoms with van der Waals surface area (Å²) < 4.78 is 1.32. The molecule has 0 radical (unpaired) electrons. The smallest absolute Gasteiger partial charge is 0.124 e. The minimum absolute atomic E-state index is 0.369. The maximum absolute atomic E-state index is 10.5. The van der Waals surface area contributed by atoms with Crippen molar-refractivity contribution in [2.24, 2.45) is 0 Å². The average molecular weight is 504 g/mol. The number of benzene rings is 2. The van der Waals surface area contributed by atoms with Crippen molar-refractivity contribution in [2.45, 2.75) is 59.3 Å². The molecule has 0 fully saturated rings. The van der Waals surface area contributed by atoms with Crippen LogP contribution in [0.25, 0.3) is 4.91 Å². The molecule has 0 heterocycles. The van der Waals surface area contributed by atoms with E-state index < -0.39 is 0 Å². The first-order chi connectivity index (χ1) is 13.3. The van der Waals surface area contributed by atoms with Crippen molar-refractivity contribution in [3.8, 4) is 5.75 Å². The molecule has 0 saturated carbocycles. The summed E-state index contributed by atoms with van der Waals surface area (Å²) >= 11 is 4.02. The van der Waals surface area contributed by atoms with E-state index in [1.165, 1.54) is 56.2 Å². The highest BCUT2D eigenvalue weighted by atomic mass is 127. The number of phenols is 1. The Morgan fingerprint density at radius 3 is 2.46 bits per heavy atom. The van der Waals surface area contributed by atoms with Crippen molar-refractivity contribution < 1.29 is 5.11 Å². The summed E-state index contributed by atoms with van der Waals surface area (Å²) in [5, 5.41) is 12.7. The van der Waals surface area contributed by atoms with Gasteiger partial charge in [0.25, 0.3) is 0 Å². The zero-order chi connectivity index (χ0) is 20.3. The van der Waals surface area contributed by atoms with Gasteiger partial charge in [-0.15, -0.1) is 0 Å². The quantitative estimate of drug-likeness (QED) is 0.332. The van der Waals surface area contributed by atoms with Crippen molar-refractivity contribution in [1.29, 1.82) is 0 Å². The Kier molecular flexibility index (Phi) is 7.32. The molecule has 0 saturated heterocycles. The normalized spacial score (nSPS) is 14.5. The Labute approximate surface area is 187 Å². The number of halogens is 1. The number of thioether (sulfide) groups is 1. The first-order valence-corrected chi connectivity index (χ1v) is 11.9. The van der Waals surface area contributed by atoms with Gasteiger partial charge in [0.1, 0.15) is 5.75 Å². The molecule has 0 aromatic heterocycles. The van der Waals surface area contributed by atoms with Crippen LogP contribution in [0.1, 0.15) is 59.6 Å². The lowest BCUT2D eigenvalue weighted by molar-refractivity contribution is 0.473. The molecule has 28 heavy (non-hydrogen) atoms. The first-order valence-electron chi connectivity index (χ1n) is 9.97. The number of hydrogen-bond acceptors (Lipinski definition) is 2. The maximum Gasteiger partial charge on any atom is 0.124 e.